The Morgan fingerprint density at radius 2 is 1.29 bits per heavy atom. The Balaban J connectivity index is 3.99. The predicted molar refractivity (Wildman–Crippen MR) is 62.4 cm³/mol. The molecule has 0 amide bonds. The second-order valence-corrected chi connectivity index (χ2v) is 7.63. The lowest BCUT2D eigenvalue weighted by atomic mass is 10.2. The van der Waals surface area contributed by atoms with Gasteiger partial charge in [0.1, 0.15) is 0 Å². The van der Waals surface area contributed by atoms with Gasteiger partial charge in [-0.3, -0.25) is 0 Å². The fourth-order valence-corrected chi connectivity index (χ4v) is 4.33. The van der Waals surface area contributed by atoms with Gasteiger partial charge in [0.05, 0.1) is 0 Å². The van der Waals surface area contributed by atoms with E-state index in [1.807, 2.05) is 0 Å². The molecule has 1 rings (SSSR count). The number of benzene rings is 1. The Labute approximate surface area is 115 Å². The first kappa shape index (κ1) is 17.8. The van der Waals surface area contributed by atoms with Crippen molar-refractivity contribution in [3.63, 3.8) is 0 Å². The van der Waals surface area contributed by atoms with E-state index in [1.165, 1.54) is 6.07 Å². The maximum atomic E-state index is 12.5. The summed E-state index contributed by atoms with van der Waals surface area (Å²) in [6.07, 6.45) is 0. The van der Waals surface area contributed by atoms with Crippen LogP contribution in [0.4, 0.5) is 26.3 Å². The lowest BCUT2D eigenvalue weighted by molar-refractivity contribution is -0.0458. The van der Waals surface area contributed by atoms with Crippen LogP contribution in [0.5, 0.6) is 0 Å². The van der Waals surface area contributed by atoms with Gasteiger partial charge < -0.3 is 4.55 Å². The molecular formula is C9H6F6O4S2. The zero-order valence-electron chi connectivity index (χ0n) is 9.64. The first-order chi connectivity index (χ1) is 9.23. The molecule has 0 spiro atoms. The Hall–Kier alpha value is -1.27. The van der Waals surface area contributed by atoms with E-state index in [9.17, 15) is 39.0 Å². The van der Waals surface area contributed by atoms with Crippen LogP contribution in [-0.2, 0) is 19.6 Å². The van der Waals surface area contributed by atoms with Gasteiger partial charge in [0.25, 0.3) is 9.84 Å². The highest BCUT2D eigenvalue weighted by molar-refractivity contribution is 8.23. The predicted octanol–water partition coefficient (Wildman–Crippen LogP) is 2.38. The van der Waals surface area contributed by atoms with E-state index in [-0.39, 0.29) is 0 Å². The third kappa shape index (κ3) is 3.16. The number of sulfone groups is 1. The van der Waals surface area contributed by atoms with Gasteiger partial charge in [-0.15, -0.1) is 0 Å². The third-order valence-corrected chi connectivity index (χ3v) is 6.16. The Kier molecular flexibility index (Phi) is 4.38. The van der Waals surface area contributed by atoms with Crippen molar-refractivity contribution in [1.82, 2.24) is 0 Å². The van der Waals surface area contributed by atoms with E-state index in [0.717, 1.165) is 12.1 Å². The molecule has 0 saturated carbocycles. The summed E-state index contributed by atoms with van der Waals surface area (Å²) in [6, 6.07) is 4.13. The van der Waals surface area contributed by atoms with Crippen LogP contribution in [0.3, 0.4) is 0 Å². The Morgan fingerprint density at radius 1 is 0.857 bits per heavy atom. The maximum absolute atomic E-state index is 12.5. The highest BCUT2D eigenvalue weighted by atomic mass is 32.3. The molecule has 120 valence electrons. The van der Waals surface area contributed by atoms with Crippen LogP contribution in [0.2, 0.25) is 0 Å². The second-order valence-electron chi connectivity index (χ2n) is 3.57. The Morgan fingerprint density at radius 3 is 1.62 bits per heavy atom. The topological polar surface area (TPSA) is 71.4 Å². The molecule has 1 N–H and O–H groups in total. The van der Waals surface area contributed by atoms with Crippen molar-refractivity contribution in [3.05, 3.63) is 35.9 Å². The number of hydrogen-bond acceptors (Lipinski definition) is 3. The van der Waals surface area contributed by atoms with Crippen LogP contribution in [0, 0.1) is 0 Å². The lowest BCUT2D eigenvalue weighted by Crippen LogP contribution is -2.40. The largest absolute Gasteiger partial charge is 0.502 e. The summed E-state index contributed by atoms with van der Waals surface area (Å²) in [7, 11) is -13.1. The summed E-state index contributed by atoms with van der Waals surface area (Å²) in [5, 5.41) is 0. The molecule has 0 radical (unpaired) electrons. The summed E-state index contributed by atoms with van der Waals surface area (Å²) >= 11 is 0. The van der Waals surface area contributed by atoms with Crippen LogP contribution >= 0.6 is 0 Å². The van der Waals surface area contributed by atoms with Crippen molar-refractivity contribution in [2.45, 2.75) is 11.0 Å². The highest BCUT2D eigenvalue weighted by Crippen LogP contribution is 2.33. The van der Waals surface area contributed by atoms with Gasteiger partial charge in [-0.05, 0) is 0 Å². The van der Waals surface area contributed by atoms with Crippen molar-refractivity contribution < 1.29 is 43.5 Å². The van der Waals surface area contributed by atoms with E-state index >= 15 is 0 Å². The van der Waals surface area contributed by atoms with E-state index < -0.39 is 40.4 Å². The van der Waals surface area contributed by atoms with Crippen molar-refractivity contribution in [1.29, 1.82) is 0 Å². The van der Waals surface area contributed by atoms with Gasteiger partial charge in [0.15, 0.2) is 4.20 Å². The minimum absolute atomic E-state index is 0.556. The average molecular weight is 356 g/mol. The summed E-state index contributed by atoms with van der Waals surface area (Å²) in [4.78, 5) is 0. The summed E-state index contributed by atoms with van der Waals surface area (Å²) in [5.74, 6) is 0. The van der Waals surface area contributed by atoms with E-state index in [4.69, 9.17) is 4.55 Å². The van der Waals surface area contributed by atoms with Crippen LogP contribution in [0.15, 0.2) is 30.3 Å². The number of halogens is 6. The molecule has 1 unspecified atom stereocenters. The summed E-state index contributed by atoms with van der Waals surface area (Å²) in [6.45, 7) is 0. The van der Waals surface area contributed by atoms with E-state index in [0.29, 0.717) is 12.1 Å². The quantitative estimate of drug-likeness (QED) is 0.620. The standard InChI is InChI=1S/C9H6F6O4S2/c10-8(11,12)20(16,17)7(6-4-2-1-3-5-6)21(18,19)9(13,14)15/h1-5H,(H,16,17). The van der Waals surface area contributed by atoms with Gasteiger partial charge in [-0.25, -0.2) is 12.6 Å². The fraction of sp³-hybridized carbons (Fsp3) is 0.222. The molecule has 0 aliphatic heterocycles. The normalized spacial score (nSPS) is 16.3. The molecule has 0 aromatic heterocycles. The molecule has 0 aliphatic rings. The molecule has 0 heterocycles. The van der Waals surface area contributed by atoms with Crippen molar-refractivity contribution in [2.24, 2.45) is 0 Å². The summed E-state index contributed by atoms with van der Waals surface area (Å²) < 4.78 is 115. The molecule has 1 aromatic carbocycles. The SMILES string of the molecule is O=S(=O)(C(c1ccccc1)=S(=O)(O)C(F)(F)F)C(F)(F)F. The molecular weight excluding hydrogens is 350 g/mol. The average Bonchev–Trinajstić information content (AvgIpc) is 2.26. The second kappa shape index (κ2) is 5.18. The molecule has 21 heavy (non-hydrogen) atoms. The van der Waals surface area contributed by atoms with Crippen molar-refractivity contribution in [2.75, 3.05) is 0 Å². The van der Waals surface area contributed by atoms with Crippen LogP contribution in [-0.4, -0.2) is 32.4 Å². The lowest BCUT2D eigenvalue weighted by Gasteiger charge is -2.17. The van der Waals surface area contributed by atoms with Gasteiger partial charge in [-0.2, -0.15) is 26.3 Å². The molecule has 12 heteroatoms. The minimum atomic E-state index is -6.66. The molecule has 0 fully saturated rings. The molecule has 0 bridgehead atoms. The number of alkyl halides is 6. The van der Waals surface area contributed by atoms with Crippen molar-refractivity contribution >= 4 is 23.8 Å². The van der Waals surface area contributed by atoms with Gasteiger partial charge >= 0.3 is 11.0 Å². The zero-order chi connectivity index (χ0) is 16.7. The van der Waals surface area contributed by atoms with Crippen LogP contribution in [0.25, 0.3) is 0 Å². The maximum Gasteiger partial charge on any atom is 0.502 e. The molecule has 1 aromatic rings. The smallest absolute Gasteiger partial charge is 0.306 e. The third-order valence-electron chi connectivity index (χ3n) is 2.12. The van der Waals surface area contributed by atoms with Gasteiger partial charge in [0.2, 0.25) is 9.80 Å². The van der Waals surface area contributed by atoms with Crippen LogP contribution < -0.4 is 0 Å². The number of rotatable bonds is 1. The van der Waals surface area contributed by atoms with Crippen molar-refractivity contribution in [3.8, 4) is 0 Å². The van der Waals surface area contributed by atoms with Crippen LogP contribution in [0.1, 0.15) is 5.56 Å². The molecule has 0 saturated heterocycles. The highest BCUT2D eigenvalue weighted by Gasteiger charge is 2.56. The first-order valence-corrected chi connectivity index (χ1v) is 7.79. The Bertz CT molecular complexity index is 739. The summed E-state index contributed by atoms with van der Waals surface area (Å²) in [5.41, 5.74) is -13.4. The first-order valence-electron chi connectivity index (χ1n) is 4.79. The van der Waals surface area contributed by atoms with E-state index in [2.05, 4.69) is 0 Å². The molecule has 4 nitrogen and oxygen atoms in total. The molecule has 1 atom stereocenters. The minimum Gasteiger partial charge on any atom is -0.306 e. The van der Waals surface area contributed by atoms with Gasteiger partial charge in [0, 0.05) is 5.56 Å². The molecule has 0 aliphatic carbocycles. The fourth-order valence-electron chi connectivity index (χ4n) is 1.25. The monoisotopic (exact) mass is 356 g/mol. The number of hydrogen-bond donors (Lipinski definition) is 1. The zero-order valence-corrected chi connectivity index (χ0v) is 11.3. The van der Waals surface area contributed by atoms with E-state index in [1.54, 1.807) is 0 Å². The van der Waals surface area contributed by atoms with Gasteiger partial charge in [-0.1, -0.05) is 30.3 Å².